The van der Waals surface area contributed by atoms with Crippen LogP contribution in [0.25, 0.3) is 0 Å². The predicted molar refractivity (Wildman–Crippen MR) is 110 cm³/mol. The van der Waals surface area contributed by atoms with Gasteiger partial charge in [-0.1, -0.05) is 0 Å². The summed E-state index contributed by atoms with van der Waals surface area (Å²) in [6.45, 7) is 3.81. The summed E-state index contributed by atoms with van der Waals surface area (Å²) in [7, 11) is 1.63. The van der Waals surface area contributed by atoms with E-state index in [1.807, 2.05) is 24.3 Å². The van der Waals surface area contributed by atoms with E-state index >= 15 is 0 Å². The summed E-state index contributed by atoms with van der Waals surface area (Å²) >= 11 is 0. The van der Waals surface area contributed by atoms with Crippen LogP contribution in [0.2, 0.25) is 0 Å². The van der Waals surface area contributed by atoms with Gasteiger partial charge in [0.15, 0.2) is 0 Å². The van der Waals surface area contributed by atoms with Crippen LogP contribution in [0.1, 0.15) is 25.7 Å². The standard InChI is InChI=1S/C21H27N5O2/c1-28-18-6-4-17(5-7-18)24-21(27)16-8-12-26(13-9-16)20-14-19(22-15-23-20)25-10-2-3-11-25/h4-7,14-16H,2-3,8-13H2,1H3,(H,24,27). The summed E-state index contributed by atoms with van der Waals surface area (Å²) in [6, 6.07) is 9.53. The van der Waals surface area contributed by atoms with Gasteiger partial charge < -0.3 is 19.9 Å². The fourth-order valence-corrected chi connectivity index (χ4v) is 3.92. The highest BCUT2D eigenvalue weighted by atomic mass is 16.5. The van der Waals surface area contributed by atoms with Gasteiger partial charge in [-0.3, -0.25) is 4.79 Å². The highest BCUT2D eigenvalue weighted by molar-refractivity contribution is 5.92. The molecule has 3 heterocycles. The van der Waals surface area contributed by atoms with Gasteiger partial charge in [0.1, 0.15) is 23.7 Å². The van der Waals surface area contributed by atoms with Crippen LogP contribution in [0.3, 0.4) is 0 Å². The van der Waals surface area contributed by atoms with Crippen molar-refractivity contribution in [2.24, 2.45) is 5.92 Å². The van der Waals surface area contributed by atoms with Crippen LogP contribution in [-0.4, -0.2) is 49.2 Å². The number of benzene rings is 1. The molecule has 2 aliphatic heterocycles. The normalized spacial score (nSPS) is 17.6. The van der Waals surface area contributed by atoms with E-state index in [-0.39, 0.29) is 11.8 Å². The number of anilines is 3. The number of hydrogen-bond acceptors (Lipinski definition) is 6. The average Bonchev–Trinajstić information content (AvgIpc) is 3.29. The number of nitrogens with one attached hydrogen (secondary N) is 1. The van der Waals surface area contributed by atoms with Crippen LogP contribution in [0, 0.1) is 5.92 Å². The lowest BCUT2D eigenvalue weighted by atomic mass is 9.96. The Kier molecular flexibility index (Phi) is 5.60. The van der Waals surface area contributed by atoms with Crippen molar-refractivity contribution in [3.05, 3.63) is 36.7 Å². The van der Waals surface area contributed by atoms with Crippen LogP contribution < -0.4 is 19.9 Å². The second-order valence-electron chi connectivity index (χ2n) is 7.41. The molecule has 0 bridgehead atoms. The minimum Gasteiger partial charge on any atom is -0.497 e. The quantitative estimate of drug-likeness (QED) is 0.859. The molecule has 0 atom stereocenters. The first-order valence-corrected chi connectivity index (χ1v) is 10.00. The smallest absolute Gasteiger partial charge is 0.227 e. The van der Waals surface area contributed by atoms with Crippen molar-refractivity contribution in [3.63, 3.8) is 0 Å². The van der Waals surface area contributed by atoms with E-state index in [0.29, 0.717) is 0 Å². The van der Waals surface area contributed by atoms with Crippen LogP contribution in [0.4, 0.5) is 17.3 Å². The Morgan fingerprint density at radius 3 is 2.21 bits per heavy atom. The summed E-state index contributed by atoms with van der Waals surface area (Å²) in [6.07, 6.45) is 5.77. The van der Waals surface area contributed by atoms with Crippen molar-refractivity contribution in [3.8, 4) is 5.75 Å². The number of piperidine rings is 1. The maximum atomic E-state index is 12.6. The van der Waals surface area contributed by atoms with E-state index in [9.17, 15) is 4.79 Å². The van der Waals surface area contributed by atoms with Crippen molar-refractivity contribution in [1.29, 1.82) is 0 Å². The molecule has 4 rings (SSSR count). The zero-order valence-corrected chi connectivity index (χ0v) is 16.3. The van der Waals surface area contributed by atoms with Gasteiger partial charge in [0.05, 0.1) is 7.11 Å². The Labute approximate surface area is 165 Å². The number of methoxy groups -OCH3 is 1. The SMILES string of the molecule is COc1ccc(NC(=O)C2CCN(c3cc(N4CCCC4)ncn3)CC2)cc1. The van der Waals surface area contributed by atoms with Gasteiger partial charge in [0.2, 0.25) is 5.91 Å². The molecule has 1 aromatic carbocycles. The zero-order chi connectivity index (χ0) is 19.3. The zero-order valence-electron chi connectivity index (χ0n) is 16.3. The number of amides is 1. The Hall–Kier alpha value is -2.83. The summed E-state index contributed by atoms with van der Waals surface area (Å²) in [5.41, 5.74) is 0.805. The Bertz CT molecular complexity index is 797. The van der Waals surface area contributed by atoms with Gasteiger partial charge in [-0.15, -0.1) is 0 Å². The molecule has 2 aromatic rings. The van der Waals surface area contributed by atoms with Crippen LogP contribution >= 0.6 is 0 Å². The van der Waals surface area contributed by atoms with Crippen molar-refractivity contribution in [1.82, 2.24) is 9.97 Å². The van der Waals surface area contributed by atoms with Gasteiger partial charge >= 0.3 is 0 Å². The van der Waals surface area contributed by atoms with Crippen LogP contribution in [-0.2, 0) is 4.79 Å². The summed E-state index contributed by atoms with van der Waals surface area (Å²) < 4.78 is 5.15. The highest BCUT2D eigenvalue weighted by Crippen LogP contribution is 2.26. The first-order chi connectivity index (χ1) is 13.7. The number of carbonyl (C=O) groups excluding carboxylic acids is 1. The molecule has 0 aliphatic carbocycles. The third-order valence-corrected chi connectivity index (χ3v) is 5.62. The van der Waals surface area contributed by atoms with E-state index in [4.69, 9.17) is 4.74 Å². The van der Waals surface area contributed by atoms with E-state index in [0.717, 1.165) is 62.1 Å². The molecule has 2 saturated heterocycles. The second kappa shape index (κ2) is 8.46. The Morgan fingerprint density at radius 1 is 1.00 bits per heavy atom. The molecule has 7 nitrogen and oxygen atoms in total. The molecule has 0 spiro atoms. The number of ether oxygens (including phenoxy) is 1. The number of rotatable bonds is 5. The van der Waals surface area contributed by atoms with Gasteiger partial charge in [-0.05, 0) is 49.9 Å². The lowest BCUT2D eigenvalue weighted by molar-refractivity contribution is -0.120. The molecule has 1 aromatic heterocycles. The molecule has 2 aliphatic rings. The molecule has 7 heteroatoms. The molecule has 148 valence electrons. The summed E-state index contributed by atoms with van der Waals surface area (Å²) in [5, 5.41) is 3.02. The van der Waals surface area contributed by atoms with E-state index in [1.165, 1.54) is 12.8 Å². The van der Waals surface area contributed by atoms with E-state index < -0.39 is 0 Å². The fraction of sp³-hybridized carbons (Fsp3) is 0.476. The number of hydrogen-bond donors (Lipinski definition) is 1. The predicted octanol–water partition coefficient (Wildman–Crippen LogP) is 2.94. The number of nitrogens with zero attached hydrogens (tertiary/aromatic N) is 4. The Balaban J connectivity index is 1.32. The largest absolute Gasteiger partial charge is 0.497 e. The van der Waals surface area contributed by atoms with Gasteiger partial charge in [-0.25, -0.2) is 9.97 Å². The molecular weight excluding hydrogens is 354 g/mol. The van der Waals surface area contributed by atoms with Crippen LogP contribution in [0.5, 0.6) is 5.75 Å². The minimum absolute atomic E-state index is 0.0261. The Morgan fingerprint density at radius 2 is 1.61 bits per heavy atom. The molecule has 2 fully saturated rings. The molecule has 1 N–H and O–H groups in total. The first kappa shape index (κ1) is 18.5. The summed E-state index contributed by atoms with van der Waals surface area (Å²) in [4.78, 5) is 26.1. The monoisotopic (exact) mass is 381 g/mol. The maximum absolute atomic E-state index is 12.6. The molecule has 0 saturated carbocycles. The fourth-order valence-electron chi connectivity index (χ4n) is 3.92. The first-order valence-electron chi connectivity index (χ1n) is 10.00. The van der Waals surface area contributed by atoms with Crippen LogP contribution in [0.15, 0.2) is 36.7 Å². The third-order valence-electron chi connectivity index (χ3n) is 5.62. The molecule has 0 unspecified atom stereocenters. The highest BCUT2D eigenvalue weighted by Gasteiger charge is 2.26. The maximum Gasteiger partial charge on any atom is 0.227 e. The van der Waals surface area contributed by atoms with Gasteiger partial charge in [0.25, 0.3) is 0 Å². The van der Waals surface area contributed by atoms with Crippen molar-refractivity contribution in [2.75, 3.05) is 48.4 Å². The summed E-state index contributed by atoms with van der Waals surface area (Å²) in [5.74, 6) is 2.88. The molecule has 1 amide bonds. The average molecular weight is 381 g/mol. The topological polar surface area (TPSA) is 70.6 Å². The van der Waals surface area contributed by atoms with Gasteiger partial charge in [-0.2, -0.15) is 0 Å². The van der Waals surface area contributed by atoms with Crippen molar-refractivity contribution >= 4 is 23.2 Å². The molecule has 28 heavy (non-hydrogen) atoms. The van der Waals surface area contributed by atoms with E-state index in [2.05, 4.69) is 31.2 Å². The second-order valence-corrected chi connectivity index (χ2v) is 7.41. The van der Waals surface area contributed by atoms with Crippen molar-refractivity contribution < 1.29 is 9.53 Å². The van der Waals surface area contributed by atoms with E-state index in [1.54, 1.807) is 13.4 Å². The number of aromatic nitrogens is 2. The minimum atomic E-state index is 0.0261. The van der Waals surface area contributed by atoms with Gasteiger partial charge in [0, 0.05) is 43.9 Å². The number of carbonyl (C=O) groups is 1. The molecular formula is C21H27N5O2. The lowest BCUT2D eigenvalue weighted by Crippen LogP contribution is -2.38. The lowest BCUT2D eigenvalue weighted by Gasteiger charge is -2.32. The third kappa shape index (κ3) is 4.18. The molecule has 0 radical (unpaired) electrons. The van der Waals surface area contributed by atoms with Crippen molar-refractivity contribution in [2.45, 2.75) is 25.7 Å².